The van der Waals surface area contributed by atoms with Gasteiger partial charge in [-0.1, -0.05) is 24.3 Å². The summed E-state index contributed by atoms with van der Waals surface area (Å²) >= 11 is 0. The van der Waals surface area contributed by atoms with Crippen LogP contribution in [0, 0.1) is 6.92 Å². The number of amides is 1. The molecule has 4 aromatic rings. The number of nitrogens with zero attached hydrogens (tertiary/aromatic N) is 4. The molecular weight excluding hydrogens is 416 g/mol. The normalized spacial score (nSPS) is 16.3. The second-order valence-electron chi connectivity index (χ2n) is 8.61. The lowest BCUT2D eigenvalue weighted by Crippen LogP contribution is -2.41. The van der Waals surface area contributed by atoms with Crippen LogP contribution in [0.4, 0.5) is 0 Å². The molecule has 7 nitrogen and oxygen atoms in total. The number of hydrogen-bond donors (Lipinski definition) is 0. The Morgan fingerprint density at radius 1 is 1.21 bits per heavy atom. The number of aromatic nitrogens is 3. The number of fused-ring (bicyclic) bond motifs is 1. The van der Waals surface area contributed by atoms with E-state index in [2.05, 4.69) is 9.97 Å². The number of likely N-dealkylation sites (tertiary alicyclic amines) is 1. The van der Waals surface area contributed by atoms with E-state index >= 15 is 0 Å². The van der Waals surface area contributed by atoms with Gasteiger partial charge in [0.15, 0.2) is 5.89 Å². The Balaban J connectivity index is 1.26. The lowest BCUT2D eigenvalue weighted by molar-refractivity contribution is -0.133. The van der Waals surface area contributed by atoms with Crippen molar-refractivity contribution >= 4 is 16.9 Å². The van der Waals surface area contributed by atoms with Crippen molar-refractivity contribution < 1.29 is 13.9 Å². The minimum Gasteiger partial charge on any atom is -0.497 e. The maximum atomic E-state index is 13.2. The second kappa shape index (κ2) is 9.10. The fourth-order valence-electron chi connectivity index (χ4n) is 4.61. The van der Waals surface area contributed by atoms with Crippen molar-refractivity contribution in [2.45, 2.75) is 38.6 Å². The standard InChI is InChI=1S/C26H28N4O3/c1-18-28-23-10-3-4-11-24(23)30(18)17-25(31)29-12-6-8-20(16-29)26-27-15-22(33-26)14-19-7-5-9-21(13-19)32-2/h3-5,7,9-11,13,15,20H,6,8,12,14,16-17H2,1-2H3/t20-/m1/s1. The van der Waals surface area contributed by atoms with E-state index in [0.717, 1.165) is 59.2 Å². The van der Waals surface area contributed by atoms with Gasteiger partial charge in [-0.05, 0) is 49.6 Å². The summed E-state index contributed by atoms with van der Waals surface area (Å²) < 4.78 is 13.4. The van der Waals surface area contributed by atoms with Crippen LogP contribution in [0.15, 0.2) is 59.1 Å². The molecule has 1 atom stereocenters. The fraction of sp³-hybridized carbons (Fsp3) is 0.346. The topological polar surface area (TPSA) is 73.4 Å². The number of rotatable bonds is 6. The van der Waals surface area contributed by atoms with Crippen LogP contribution in [-0.2, 0) is 17.8 Å². The number of para-hydroxylation sites is 2. The molecule has 170 valence electrons. The minimum absolute atomic E-state index is 0.106. The molecule has 0 unspecified atom stereocenters. The van der Waals surface area contributed by atoms with E-state index < -0.39 is 0 Å². The van der Waals surface area contributed by atoms with Crippen molar-refractivity contribution in [3.05, 3.63) is 77.8 Å². The molecular formula is C26H28N4O3. The zero-order valence-corrected chi connectivity index (χ0v) is 19.0. The predicted octanol–water partition coefficient (Wildman–Crippen LogP) is 4.34. The quantitative estimate of drug-likeness (QED) is 0.442. The van der Waals surface area contributed by atoms with E-state index in [1.54, 1.807) is 13.3 Å². The maximum Gasteiger partial charge on any atom is 0.242 e. The van der Waals surface area contributed by atoms with Gasteiger partial charge in [-0.25, -0.2) is 9.97 Å². The number of ether oxygens (including phenoxy) is 1. The highest BCUT2D eigenvalue weighted by atomic mass is 16.5. The first-order valence-corrected chi connectivity index (χ1v) is 11.4. The van der Waals surface area contributed by atoms with Gasteiger partial charge in [0.2, 0.25) is 5.91 Å². The summed E-state index contributed by atoms with van der Waals surface area (Å²) in [5.41, 5.74) is 3.02. The van der Waals surface area contributed by atoms with Crippen molar-refractivity contribution in [3.63, 3.8) is 0 Å². The lowest BCUT2D eigenvalue weighted by atomic mass is 9.98. The molecule has 2 aromatic heterocycles. The highest BCUT2D eigenvalue weighted by Gasteiger charge is 2.28. The molecule has 1 amide bonds. The van der Waals surface area contributed by atoms with Gasteiger partial charge in [0, 0.05) is 19.5 Å². The van der Waals surface area contributed by atoms with Crippen molar-refractivity contribution in [2.24, 2.45) is 0 Å². The van der Waals surface area contributed by atoms with Crippen LogP contribution in [0.1, 0.15) is 41.8 Å². The van der Waals surface area contributed by atoms with Crippen LogP contribution >= 0.6 is 0 Å². The van der Waals surface area contributed by atoms with Gasteiger partial charge in [0.1, 0.15) is 23.9 Å². The fourth-order valence-corrected chi connectivity index (χ4v) is 4.61. The van der Waals surface area contributed by atoms with Crippen molar-refractivity contribution in [2.75, 3.05) is 20.2 Å². The third-order valence-electron chi connectivity index (χ3n) is 6.35. The summed E-state index contributed by atoms with van der Waals surface area (Å²) in [5.74, 6) is 3.44. The monoisotopic (exact) mass is 444 g/mol. The Hall–Kier alpha value is -3.61. The number of aryl methyl sites for hydroxylation is 1. The number of methoxy groups -OCH3 is 1. The molecule has 7 heteroatoms. The number of hydrogen-bond acceptors (Lipinski definition) is 5. The first kappa shape index (κ1) is 21.2. The highest BCUT2D eigenvalue weighted by molar-refractivity contribution is 5.81. The van der Waals surface area contributed by atoms with E-state index in [1.165, 1.54) is 0 Å². The molecule has 0 spiro atoms. The van der Waals surface area contributed by atoms with E-state index in [4.69, 9.17) is 9.15 Å². The Kier molecular flexibility index (Phi) is 5.86. The SMILES string of the molecule is COc1cccc(Cc2cnc([C@@H]3CCCN(C(=O)Cn4c(C)nc5ccccc54)C3)o2)c1. The minimum atomic E-state index is 0.106. The van der Waals surface area contributed by atoms with Crippen LogP contribution in [0.2, 0.25) is 0 Å². The molecule has 3 heterocycles. The zero-order chi connectivity index (χ0) is 22.8. The molecule has 0 saturated carbocycles. The molecule has 0 bridgehead atoms. The predicted molar refractivity (Wildman–Crippen MR) is 125 cm³/mol. The van der Waals surface area contributed by atoms with E-state index in [-0.39, 0.29) is 11.8 Å². The summed E-state index contributed by atoms with van der Waals surface area (Å²) in [4.78, 5) is 24.2. The van der Waals surface area contributed by atoms with Gasteiger partial charge < -0.3 is 18.6 Å². The van der Waals surface area contributed by atoms with Gasteiger partial charge in [-0.15, -0.1) is 0 Å². The van der Waals surface area contributed by atoms with Crippen LogP contribution < -0.4 is 4.74 Å². The number of imidazole rings is 1. The Bertz CT molecular complexity index is 1280. The van der Waals surface area contributed by atoms with Crippen molar-refractivity contribution in [1.82, 2.24) is 19.4 Å². The van der Waals surface area contributed by atoms with Gasteiger partial charge in [-0.2, -0.15) is 0 Å². The van der Waals surface area contributed by atoms with Gasteiger partial charge in [0.25, 0.3) is 0 Å². The van der Waals surface area contributed by atoms with Crippen LogP contribution in [0.5, 0.6) is 5.75 Å². The maximum absolute atomic E-state index is 13.2. The Morgan fingerprint density at radius 2 is 2.09 bits per heavy atom. The summed E-state index contributed by atoms with van der Waals surface area (Å²) in [5, 5.41) is 0. The number of piperidine rings is 1. The smallest absolute Gasteiger partial charge is 0.242 e. The second-order valence-corrected chi connectivity index (χ2v) is 8.61. The molecule has 1 aliphatic heterocycles. The van der Waals surface area contributed by atoms with E-state index in [9.17, 15) is 4.79 Å². The number of oxazole rings is 1. The Morgan fingerprint density at radius 3 is 2.97 bits per heavy atom. The average molecular weight is 445 g/mol. The summed E-state index contributed by atoms with van der Waals surface area (Å²) in [6.07, 6.45) is 4.37. The molecule has 0 radical (unpaired) electrons. The van der Waals surface area contributed by atoms with Crippen LogP contribution in [-0.4, -0.2) is 45.5 Å². The number of carbonyl (C=O) groups is 1. The highest BCUT2D eigenvalue weighted by Crippen LogP contribution is 2.28. The average Bonchev–Trinajstić information content (AvgIpc) is 3.43. The number of benzene rings is 2. The molecule has 1 saturated heterocycles. The van der Waals surface area contributed by atoms with Gasteiger partial charge >= 0.3 is 0 Å². The lowest BCUT2D eigenvalue weighted by Gasteiger charge is -2.31. The van der Waals surface area contributed by atoms with Crippen LogP contribution in [0.3, 0.4) is 0 Å². The Labute approximate surface area is 193 Å². The van der Waals surface area contributed by atoms with Gasteiger partial charge in [0.05, 0.1) is 30.3 Å². The third kappa shape index (κ3) is 4.49. The first-order chi connectivity index (χ1) is 16.1. The number of carbonyl (C=O) groups excluding carboxylic acids is 1. The molecule has 2 aromatic carbocycles. The zero-order valence-electron chi connectivity index (χ0n) is 19.0. The molecule has 0 aliphatic carbocycles. The summed E-state index contributed by atoms with van der Waals surface area (Å²) in [7, 11) is 1.67. The van der Waals surface area contributed by atoms with Crippen molar-refractivity contribution in [1.29, 1.82) is 0 Å². The van der Waals surface area contributed by atoms with Crippen LogP contribution in [0.25, 0.3) is 11.0 Å². The van der Waals surface area contributed by atoms with Gasteiger partial charge in [-0.3, -0.25) is 4.79 Å². The third-order valence-corrected chi connectivity index (χ3v) is 6.35. The molecule has 1 aliphatic rings. The van der Waals surface area contributed by atoms with E-state index in [1.807, 2.05) is 64.9 Å². The largest absolute Gasteiger partial charge is 0.497 e. The summed E-state index contributed by atoms with van der Waals surface area (Å²) in [6, 6.07) is 15.9. The molecule has 33 heavy (non-hydrogen) atoms. The van der Waals surface area contributed by atoms with E-state index in [0.29, 0.717) is 19.5 Å². The molecule has 0 N–H and O–H groups in total. The summed E-state index contributed by atoms with van der Waals surface area (Å²) in [6.45, 7) is 3.64. The first-order valence-electron chi connectivity index (χ1n) is 11.4. The molecule has 5 rings (SSSR count). The molecule has 1 fully saturated rings. The van der Waals surface area contributed by atoms with Crippen molar-refractivity contribution in [3.8, 4) is 5.75 Å².